The van der Waals surface area contributed by atoms with E-state index in [9.17, 15) is 4.79 Å². The summed E-state index contributed by atoms with van der Waals surface area (Å²) < 4.78 is 6.57. The summed E-state index contributed by atoms with van der Waals surface area (Å²) in [6.45, 7) is 0. The predicted octanol–water partition coefficient (Wildman–Crippen LogP) is 4.60. The van der Waals surface area contributed by atoms with Gasteiger partial charge in [0.2, 0.25) is 0 Å². The Morgan fingerprint density at radius 3 is 2.75 bits per heavy atom. The van der Waals surface area contributed by atoms with Crippen LogP contribution in [0.4, 0.5) is 0 Å². The molecule has 0 spiro atoms. The highest BCUT2D eigenvalue weighted by atomic mass is 79.9. The maximum absolute atomic E-state index is 10.8. The van der Waals surface area contributed by atoms with Crippen LogP contribution in [0.15, 0.2) is 59.2 Å². The van der Waals surface area contributed by atoms with E-state index in [2.05, 4.69) is 20.9 Å². The lowest BCUT2D eigenvalue weighted by molar-refractivity contribution is 0.112. The molecule has 0 saturated carbocycles. The molecule has 1 heterocycles. The number of ether oxygens (including phenoxy) is 1. The number of benzene rings is 2. The highest BCUT2D eigenvalue weighted by Gasteiger charge is 2.06. The van der Waals surface area contributed by atoms with E-state index in [4.69, 9.17) is 4.74 Å². The van der Waals surface area contributed by atoms with Crippen molar-refractivity contribution in [1.29, 1.82) is 0 Å². The van der Waals surface area contributed by atoms with Crippen molar-refractivity contribution in [2.24, 2.45) is 0 Å². The lowest BCUT2D eigenvalue weighted by Gasteiger charge is -2.09. The van der Waals surface area contributed by atoms with Crippen LogP contribution < -0.4 is 4.74 Å². The minimum Gasteiger partial charge on any atom is -0.455 e. The Balaban J connectivity index is 2.01. The van der Waals surface area contributed by atoms with Gasteiger partial charge in [0.15, 0.2) is 12.0 Å². The first-order chi connectivity index (χ1) is 9.78. The van der Waals surface area contributed by atoms with Gasteiger partial charge in [-0.1, -0.05) is 18.2 Å². The van der Waals surface area contributed by atoms with Crippen molar-refractivity contribution in [3.05, 3.63) is 64.8 Å². The molecule has 0 radical (unpaired) electrons. The second-order valence-electron chi connectivity index (χ2n) is 4.23. The van der Waals surface area contributed by atoms with Gasteiger partial charge in [-0.25, -0.2) is 0 Å². The summed E-state index contributed by atoms with van der Waals surface area (Å²) >= 11 is 3.34. The Hall–Kier alpha value is -2.20. The zero-order chi connectivity index (χ0) is 13.9. The molecular weight excluding hydrogens is 318 g/mol. The summed E-state index contributed by atoms with van der Waals surface area (Å²) in [5, 5.41) is 1.02. The summed E-state index contributed by atoms with van der Waals surface area (Å²) in [6, 6.07) is 14.9. The Morgan fingerprint density at radius 1 is 1.10 bits per heavy atom. The van der Waals surface area contributed by atoms with Crippen LogP contribution in [0.2, 0.25) is 0 Å². The van der Waals surface area contributed by atoms with Crippen molar-refractivity contribution in [2.45, 2.75) is 0 Å². The monoisotopic (exact) mass is 327 g/mol. The molecule has 4 heteroatoms. The molecule has 0 aliphatic heterocycles. The number of carbonyl (C=O) groups is 1. The normalized spacial score (nSPS) is 10.4. The van der Waals surface area contributed by atoms with Crippen molar-refractivity contribution in [3.8, 4) is 11.5 Å². The predicted molar refractivity (Wildman–Crippen MR) is 81.3 cm³/mol. The van der Waals surface area contributed by atoms with E-state index in [1.807, 2.05) is 30.3 Å². The topological polar surface area (TPSA) is 39.2 Å². The number of halogens is 1. The minimum absolute atomic E-state index is 0.591. The maximum Gasteiger partial charge on any atom is 0.153 e. The number of rotatable bonds is 3. The van der Waals surface area contributed by atoms with Crippen molar-refractivity contribution in [2.75, 3.05) is 0 Å². The van der Waals surface area contributed by atoms with E-state index in [0.717, 1.165) is 17.2 Å². The summed E-state index contributed by atoms with van der Waals surface area (Å²) in [6.07, 6.45) is 2.54. The molecule has 0 fully saturated rings. The van der Waals surface area contributed by atoms with Crippen LogP contribution in [0.1, 0.15) is 10.4 Å². The summed E-state index contributed by atoms with van der Waals surface area (Å²) in [7, 11) is 0. The van der Waals surface area contributed by atoms with Gasteiger partial charge < -0.3 is 4.74 Å². The van der Waals surface area contributed by atoms with Crippen LogP contribution in [0.3, 0.4) is 0 Å². The van der Waals surface area contributed by atoms with Gasteiger partial charge in [0, 0.05) is 21.6 Å². The van der Waals surface area contributed by atoms with E-state index in [1.165, 1.54) is 0 Å². The Labute approximate surface area is 124 Å². The molecule has 0 unspecified atom stereocenters. The number of hydrogen-bond donors (Lipinski definition) is 0. The van der Waals surface area contributed by atoms with Crippen molar-refractivity contribution < 1.29 is 9.53 Å². The van der Waals surface area contributed by atoms with Gasteiger partial charge in [0.1, 0.15) is 11.3 Å². The number of aldehydes is 1. The first-order valence-electron chi connectivity index (χ1n) is 6.04. The zero-order valence-corrected chi connectivity index (χ0v) is 12.0. The standard InChI is InChI=1S/C16H10BrNO2/c17-14-9-13(7-6-12(14)10-19)20-15-5-1-3-11-4-2-8-18-16(11)15/h1-10H. The average Bonchev–Trinajstić information content (AvgIpc) is 2.48. The second kappa shape index (κ2) is 5.43. The van der Waals surface area contributed by atoms with Crippen molar-refractivity contribution >= 4 is 33.1 Å². The summed E-state index contributed by atoms with van der Waals surface area (Å²) in [5.41, 5.74) is 1.40. The molecule has 0 N–H and O–H groups in total. The molecule has 3 aromatic rings. The lowest BCUT2D eigenvalue weighted by atomic mass is 10.2. The largest absolute Gasteiger partial charge is 0.455 e. The van der Waals surface area contributed by atoms with Crippen LogP contribution in [-0.4, -0.2) is 11.3 Å². The number of hydrogen-bond acceptors (Lipinski definition) is 3. The third-order valence-corrected chi connectivity index (χ3v) is 3.61. The smallest absolute Gasteiger partial charge is 0.153 e. The number of pyridine rings is 1. The van der Waals surface area contributed by atoms with Crippen LogP contribution in [-0.2, 0) is 0 Å². The van der Waals surface area contributed by atoms with Crippen molar-refractivity contribution in [3.63, 3.8) is 0 Å². The number of carbonyl (C=O) groups excluding carboxylic acids is 1. The van der Waals surface area contributed by atoms with Gasteiger partial charge in [-0.05, 0) is 46.3 Å². The van der Waals surface area contributed by atoms with Crippen LogP contribution in [0, 0.1) is 0 Å². The second-order valence-corrected chi connectivity index (χ2v) is 5.09. The SMILES string of the molecule is O=Cc1ccc(Oc2cccc3cccnc23)cc1Br. The molecule has 0 amide bonds. The zero-order valence-electron chi connectivity index (χ0n) is 10.4. The Bertz CT molecular complexity index is 781. The number of aromatic nitrogens is 1. The first kappa shape index (κ1) is 12.8. The number of fused-ring (bicyclic) bond motifs is 1. The van der Waals surface area contributed by atoms with E-state index in [-0.39, 0.29) is 0 Å². The third-order valence-electron chi connectivity index (χ3n) is 2.92. The molecule has 0 atom stereocenters. The molecule has 0 saturated heterocycles. The Kier molecular flexibility index (Phi) is 3.48. The van der Waals surface area contributed by atoms with Gasteiger partial charge in [-0.15, -0.1) is 0 Å². The summed E-state index contributed by atoms with van der Waals surface area (Å²) in [5.74, 6) is 1.34. The van der Waals surface area contributed by atoms with Gasteiger partial charge in [-0.3, -0.25) is 9.78 Å². The molecular formula is C16H10BrNO2. The van der Waals surface area contributed by atoms with Gasteiger partial charge in [0.25, 0.3) is 0 Å². The Morgan fingerprint density at radius 2 is 1.95 bits per heavy atom. The van der Waals surface area contributed by atoms with E-state index < -0.39 is 0 Å². The van der Waals surface area contributed by atoms with E-state index >= 15 is 0 Å². The van der Waals surface area contributed by atoms with E-state index in [1.54, 1.807) is 24.4 Å². The van der Waals surface area contributed by atoms with Crippen LogP contribution in [0.25, 0.3) is 10.9 Å². The average molecular weight is 328 g/mol. The molecule has 98 valence electrons. The molecule has 3 rings (SSSR count). The molecule has 3 nitrogen and oxygen atoms in total. The third kappa shape index (κ3) is 2.42. The maximum atomic E-state index is 10.8. The molecule has 20 heavy (non-hydrogen) atoms. The minimum atomic E-state index is 0.591. The lowest BCUT2D eigenvalue weighted by Crippen LogP contribution is -1.89. The molecule has 0 bridgehead atoms. The number of nitrogens with zero attached hydrogens (tertiary/aromatic N) is 1. The number of para-hydroxylation sites is 1. The highest BCUT2D eigenvalue weighted by Crippen LogP contribution is 2.30. The highest BCUT2D eigenvalue weighted by molar-refractivity contribution is 9.10. The molecule has 0 aliphatic rings. The van der Waals surface area contributed by atoms with Crippen LogP contribution in [0.5, 0.6) is 11.5 Å². The fraction of sp³-hybridized carbons (Fsp3) is 0. The fourth-order valence-corrected chi connectivity index (χ4v) is 2.40. The molecule has 0 aliphatic carbocycles. The van der Waals surface area contributed by atoms with Crippen molar-refractivity contribution in [1.82, 2.24) is 4.98 Å². The van der Waals surface area contributed by atoms with Gasteiger partial charge in [0.05, 0.1) is 0 Å². The van der Waals surface area contributed by atoms with E-state index in [0.29, 0.717) is 21.5 Å². The molecule has 1 aromatic heterocycles. The van der Waals surface area contributed by atoms with Gasteiger partial charge >= 0.3 is 0 Å². The summed E-state index contributed by atoms with van der Waals surface area (Å²) in [4.78, 5) is 15.1. The molecule has 2 aromatic carbocycles. The quantitative estimate of drug-likeness (QED) is 0.660. The first-order valence-corrected chi connectivity index (χ1v) is 6.83. The fourth-order valence-electron chi connectivity index (χ4n) is 1.95. The van der Waals surface area contributed by atoms with Crippen LogP contribution >= 0.6 is 15.9 Å². The van der Waals surface area contributed by atoms with Gasteiger partial charge in [-0.2, -0.15) is 0 Å².